The van der Waals surface area contributed by atoms with Crippen LogP contribution in [0.3, 0.4) is 0 Å². The van der Waals surface area contributed by atoms with Gasteiger partial charge in [0, 0.05) is 12.2 Å². The van der Waals surface area contributed by atoms with E-state index in [0.29, 0.717) is 18.3 Å². The highest BCUT2D eigenvalue weighted by atomic mass is 16.5. The highest BCUT2D eigenvalue weighted by molar-refractivity contribution is 5.63. The van der Waals surface area contributed by atoms with Crippen LogP contribution in [0.1, 0.15) is 60.6 Å². The first-order valence-electron chi connectivity index (χ1n) is 9.53. The van der Waals surface area contributed by atoms with Gasteiger partial charge < -0.3 is 16.2 Å². The first-order chi connectivity index (χ1) is 12.4. The number of nitrogens with zero attached hydrogens (tertiary/aromatic N) is 1. The number of anilines is 1. The number of pyridine rings is 1. The maximum Gasteiger partial charge on any atom is 0.243 e. The van der Waals surface area contributed by atoms with Crippen LogP contribution in [0.25, 0.3) is 0 Å². The predicted molar refractivity (Wildman–Crippen MR) is 117 cm³/mol. The van der Waals surface area contributed by atoms with Crippen molar-refractivity contribution in [3.05, 3.63) is 58.8 Å². The van der Waals surface area contributed by atoms with Crippen molar-refractivity contribution >= 4 is 5.69 Å². The molecule has 0 saturated carbocycles. The van der Waals surface area contributed by atoms with E-state index >= 15 is 0 Å². The highest BCUT2D eigenvalue weighted by Gasteiger charge is 2.20. The van der Waals surface area contributed by atoms with Gasteiger partial charge in [-0.25, -0.2) is 4.98 Å². The SMILES string of the molecule is C=CCNc1c(C(CC)CC)cc(C)nc1Oc1c(C)cc(C)cc1C.N. The largest absolute Gasteiger partial charge is 0.437 e. The molecule has 0 saturated heterocycles. The number of hydrogen-bond acceptors (Lipinski definition) is 4. The Balaban J connectivity index is 0.00000364. The predicted octanol–water partition coefficient (Wildman–Crippen LogP) is 6.77. The lowest BCUT2D eigenvalue weighted by Crippen LogP contribution is -2.09. The minimum absolute atomic E-state index is 0. The standard InChI is InChI=1S/C23H32N2O.H3N/c1-8-11-24-21-20(19(9-2)10-3)14-18(7)25-23(21)26-22-16(5)12-15(4)13-17(22)6;/h8,12-14,19,24H,1,9-11H2,2-7H3;1H3. The second-order valence-electron chi connectivity index (χ2n) is 7.05. The van der Waals surface area contributed by atoms with E-state index in [2.05, 4.69) is 64.7 Å². The maximum atomic E-state index is 6.38. The smallest absolute Gasteiger partial charge is 0.243 e. The van der Waals surface area contributed by atoms with Crippen molar-refractivity contribution in [1.29, 1.82) is 0 Å². The monoisotopic (exact) mass is 369 g/mol. The zero-order valence-corrected chi connectivity index (χ0v) is 17.8. The Bertz CT molecular complexity index is 756. The van der Waals surface area contributed by atoms with E-state index in [1.807, 2.05) is 13.0 Å². The van der Waals surface area contributed by atoms with E-state index in [1.54, 1.807) is 0 Å². The third-order valence-electron chi connectivity index (χ3n) is 4.80. The summed E-state index contributed by atoms with van der Waals surface area (Å²) in [5.41, 5.74) is 6.75. The van der Waals surface area contributed by atoms with Gasteiger partial charge in [-0.1, -0.05) is 37.6 Å². The quantitative estimate of drug-likeness (QED) is 0.504. The van der Waals surface area contributed by atoms with Gasteiger partial charge in [-0.2, -0.15) is 0 Å². The summed E-state index contributed by atoms with van der Waals surface area (Å²) in [4.78, 5) is 4.72. The van der Waals surface area contributed by atoms with Crippen LogP contribution < -0.4 is 16.2 Å². The van der Waals surface area contributed by atoms with Gasteiger partial charge in [-0.05, 0) is 69.2 Å². The van der Waals surface area contributed by atoms with Crippen molar-refractivity contribution in [1.82, 2.24) is 11.1 Å². The van der Waals surface area contributed by atoms with Gasteiger partial charge in [-0.15, -0.1) is 6.58 Å². The number of aryl methyl sites for hydroxylation is 4. The van der Waals surface area contributed by atoms with Crippen LogP contribution in [-0.4, -0.2) is 11.5 Å². The summed E-state index contributed by atoms with van der Waals surface area (Å²) >= 11 is 0. The Kier molecular flexibility index (Phi) is 8.51. The topological polar surface area (TPSA) is 69.2 Å². The molecule has 2 aromatic rings. The summed E-state index contributed by atoms with van der Waals surface area (Å²) in [5, 5.41) is 3.47. The molecule has 148 valence electrons. The van der Waals surface area contributed by atoms with Crippen LogP contribution in [0.15, 0.2) is 30.9 Å². The van der Waals surface area contributed by atoms with Crippen LogP contribution in [0.2, 0.25) is 0 Å². The molecule has 0 aliphatic rings. The molecular formula is C23H35N3O. The number of hydrogen-bond donors (Lipinski definition) is 2. The Hall–Kier alpha value is -2.33. The second kappa shape index (κ2) is 10.1. The number of ether oxygens (including phenoxy) is 1. The molecule has 1 aromatic carbocycles. The molecular weight excluding hydrogens is 334 g/mol. The molecule has 0 spiro atoms. The van der Waals surface area contributed by atoms with Crippen LogP contribution in [0, 0.1) is 27.7 Å². The van der Waals surface area contributed by atoms with Gasteiger partial charge in [0.05, 0.1) is 0 Å². The van der Waals surface area contributed by atoms with Gasteiger partial charge in [0.1, 0.15) is 11.4 Å². The van der Waals surface area contributed by atoms with E-state index in [4.69, 9.17) is 9.72 Å². The number of rotatable bonds is 8. The lowest BCUT2D eigenvalue weighted by Gasteiger charge is -2.22. The van der Waals surface area contributed by atoms with Crippen molar-refractivity contribution in [2.75, 3.05) is 11.9 Å². The first kappa shape index (κ1) is 22.7. The first-order valence-corrected chi connectivity index (χ1v) is 9.53. The van der Waals surface area contributed by atoms with Crippen LogP contribution >= 0.6 is 0 Å². The average molecular weight is 370 g/mol. The van der Waals surface area contributed by atoms with E-state index < -0.39 is 0 Å². The van der Waals surface area contributed by atoms with Gasteiger partial charge >= 0.3 is 0 Å². The molecule has 0 radical (unpaired) electrons. The molecule has 0 bridgehead atoms. The fourth-order valence-electron chi connectivity index (χ4n) is 3.57. The molecule has 0 aliphatic heterocycles. The summed E-state index contributed by atoms with van der Waals surface area (Å²) in [6, 6.07) is 6.48. The molecule has 1 aromatic heterocycles. The second-order valence-corrected chi connectivity index (χ2v) is 7.05. The Morgan fingerprint density at radius 1 is 1.07 bits per heavy atom. The fraction of sp³-hybridized carbons (Fsp3) is 0.435. The van der Waals surface area contributed by atoms with E-state index in [1.165, 1.54) is 11.1 Å². The molecule has 0 amide bonds. The minimum atomic E-state index is 0. The van der Waals surface area contributed by atoms with Gasteiger partial charge in [0.25, 0.3) is 0 Å². The Labute approximate surface area is 164 Å². The minimum Gasteiger partial charge on any atom is -0.437 e. The number of aromatic nitrogens is 1. The molecule has 0 unspecified atom stereocenters. The molecule has 4 N–H and O–H groups in total. The third-order valence-corrected chi connectivity index (χ3v) is 4.80. The third kappa shape index (κ3) is 5.33. The lowest BCUT2D eigenvalue weighted by molar-refractivity contribution is 0.454. The zero-order chi connectivity index (χ0) is 19.3. The molecule has 0 atom stereocenters. The van der Waals surface area contributed by atoms with Crippen molar-refractivity contribution in [3.8, 4) is 11.6 Å². The normalized spacial score (nSPS) is 10.5. The molecule has 27 heavy (non-hydrogen) atoms. The van der Waals surface area contributed by atoms with Crippen LogP contribution in [-0.2, 0) is 0 Å². The summed E-state index contributed by atoms with van der Waals surface area (Å²) < 4.78 is 6.38. The molecule has 0 aliphatic carbocycles. The van der Waals surface area contributed by atoms with E-state index in [-0.39, 0.29) is 6.15 Å². The van der Waals surface area contributed by atoms with Crippen LogP contribution in [0.4, 0.5) is 5.69 Å². The molecule has 0 fully saturated rings. The van der Waals surface area contributed by atoms with Crippen LogP contribution in [0.5, 0.6) is 11.6 Å². The Morgan fingerprint density at radius 2 is 1.67 bits per heavy atom. The molecule has 4 heteroatoms. The van der Waals surface area contributed by atoms with Gasteiger partial charge in [-0.3, -0.25) is 0 Å². The molecule has 1 heterocycles. The highest BCUT2D eigenvalue weighted by Crippen LogP contribution is 2.39. The summed E-state index contributed by atoms with van der Waals surface area (Å²) in [6.45, 7) is 17.3. The molecule has 2 rings (SSSR count). The zero-order valence-electron chi connectivity index (χ0n) is 17.8. The average Bonchev–Trinajstić information content (AvgIpc) is 2.58. The summed E-state index contributed by atoms with van der Waals surface area (Å²) in [5.74, 6) is 2.03. The lowest BCUT2D eigenvalue weighted by atomic mass is 9.92. The van der Waals surface area contributed by atoms with E-state index in [0.717, 1.165) is 41.1 Å². The van der Waals surface area contributed by atoms with Crippen molar-refractivity contribution in [2.24, 2.45) is 0 Å². The van der Waals surface area contributed by atoms with Crippen molar-refractivity contribution in [3.63, 3.8) is 0 Å². The van der Waals surface area contributed by atoms with Crippen molar-refractivity contribution < 1.29 is 4.74 Å². The summed E-state index contributed by atoms with van der Waals surface area (Å²) in [7, 11) is 0. The Morgan fingerprint density at radius 3 is 2.19 bits per heavy atom. The maximum absolute atomic E-state index is 6.38. The summed E-state index contributed by atoms with van der Waals surface area (Å²) in [6.07, 6.45) is 4.04. The van der Waals surface area contributed by atoms with Gasteiger partial charge in [0.15, 0.2) is 0 Å². The van der Waals surface area contributed by atoms with E-state index in [9.17, 15) is 0 Å². The van der Waals surface area contributed by atoms with Gasteiger partial charge in [0.2, 0.25) is 5.88 Å². The molecule has 4 nitrogen and oxygen atoms in total. The van der Waals surface area contributed by atoms with Crippen molar-refractivity contribution in [2.45, 2.75) is 60.3 Å². The number of benzene rings is 1. The fourth-order valence-corrected chi connectivity index (χ4v) is 3.57. The number of nitrogens with one attached hydrogen (secondary N) is 1.